The molecule has 1 heterocycles. The molecule has 4 atom stereocenters. The molecule has 4 rings (SSSR count). The second-order valence-electron chi connectivity index (χ2n) is 6.62. The molecular weight excluding hydrogens is 196 g/mol. The highest BCUT2D eigenvalue weighted by molar-refractivity contribution is 5.16. The summed E-state index contributed by atoms with van der Waals surface area (Å²) >= 11 is 0. The Labute approximate surface area is 98.6 Å². The summed E-state index contributed by atoms with van der Waals surface area (Å²) in [7, 11) is 0. The summed E-state index contributed by atoms with van der Waals surface area (Å²) in [5.74, 6) is 5.43. The van der Waals surface area contributed by atoms with E-state index in [1.165, 1.54) is 32.5 Å². The summed E-state index contributed by atoms with van der Waals surface area (Å²) in [6.45, 7) is 3.79. The first-order valence-corrected chi connectivity index (χ1v) is 7.37. The van der Waals surface area contributed by atoms with E-state index >= 15 is 0 Å². The van der Waals surface area contributed by atoms with Gasteiger partial charge in [0.15, 0.2) is 0 Å². The van der Waals surface area contributed by atoms with Gasteiger partial charge in [0.1, 0.15) is 0 Å². The van der Waals surface area contributed by atoms with Crippen LogP contribution in [0.15, 0.2) is 0 Å². The molecule has 2 nitrogen and oxygen atoms in total. The van der Waals surface area contributed by atoms with Gasteiger partial charge in [-0.3, -0.25) is 0 Å². The fourth-order valence-corrected chi connectivity index (χ4v) is 4.99. The second-order valence-corrected chi connectivity index (χ2v) is 6.62. The third kappa shape index (κ3) is 1.46. The molecule has 3 aliphatic carbocycles. The van der Waals surface area contributed by atoms with E-state index in [1.54, 1.807) is 19.3 Å². The lowest BCUT2D eigenvalue weighted by Crippen LogP contribution is -2.35. The minimum absolute atomic E-state index is 0.945. The van der Waals surface area contributed by atoms with E-state index in [2.05, 4.69) is 10.6 Å². The van der Waals surface area contributed by atoms with Crippen molar-refractivity contribution in [2.75, 3.05) is 19.6 Å². The van der Waals surface area contributed by atoms with Gasteiger partial charge in [-0.15, -0.1) is 0 Å². The number of fused-ring (bicyclic) bond motifs is 5. The average Bonchev–Trinajstić information content (AvgIpc) is 2.72. The Kier molecular flexibility index (Phi) is 2.29. The summed E-state index contributed by atoms with van der Waals surface area (Å²) in [5, 5.41) is 7.36. The summed E-state index contributed by atoms with van der Waals surface area (Å²) in [6.07, 6.45) is 7.47. The Hall–Kier alpha value is -0.0800. The van der Waals surface area contributed by atoms with Crippen molar-refractivity contribution in [1.82, 2.24) is 10.6 Å². The molecule has 1 saturated heterocycles. The highest BCUT2D eigenvalue weighted by Crippen LogP contribution is 2.65. The third-order valence-electron chi connectivity index (χ3n) is 5.84. The lowest BCUT2D eigenvalue weighted by molar-refractivity contribution is 0.342. The molecule has 0 aromatic rings. The van der Waals surface area contributed by atoms with Crippen LogP contribution >= 0.6 is 0 Å². The normalized spacial score (nSPS) is 50.6. The minimum Gasteiger partial charge on any atom is -0.317 e. The van der Waals surface area contributed by atoms with Gasteiger partial charge < -0.3 is 10.6 Å². The molecule has 4 unspecified atom stereocenters. The Bertz CT molecular complexity index is 256. The number of nitrogens with one attached hydrogen (secondary N) is 2. The topological polar surface area (TPSA) is 24.1 Å². The number of hydrogen-bond donors (Lipinski definition) is 2. The van der Waals surface area contributed by atoms with Gasteiger partial charge in [0.05, 0.1) is 0 Å². The van der Waals surface area contributed by atoms with E-state index in [-0.39, 0.29) is 0 Å². The summed E-state index contributed by atoms with van der Waals surface area (Å²) in [5.41, 5.74) is 0. The monoisotopic (exact) mass is 220 g/mol. The van der Waals surface area contributed by atoms with Crippen LogP contribution in [0, 0.1) is 29.6 Å². The second kappa shape index (κ2) is 3.71. The average molecular weight is 220 g/mol. The minimum atomic E-state index is 0.945. The molecular formula is C14H24N2. The van der Waals surface area contributed by atoms with Gasteiger partial charge in [0.2, 0.25) is 0 Å². The van der Waals surface area contributed by atoms with Crippen molar-refractivity contribution in [3.05, 3.63) is 0 Å². The summed E-state index contributed by atoms with van der Waals surface area (Å²) in [4.78, 5) is 0. The first kappa shape index (κ1) is 9.90. The lowest BCUT2D eigenvalue weighted by Gasteiger charge is -2.23. The lowest BCUT2D eigenvalue weighted by atomic mass is 9.98. The van der Waals surface area contributed by atoms with E-state index in [9.17, 15) is 0 Å². The van der Waals surface area contributed by atoms with Gasteiger partial charge in [0, 0.05) is 6.04 Å². The van der Waals surface area contributed by atoms with E-state index in [0.717, 1.165) is 35.6 Å². The maximum Gasteiger partial charge on any atom is 0.0136 e. The van der Waals surface area contributed by atoms with Gasteiger partial charge in [-0.25, -0.2) is 0 Å². The van der Waals surface area contributed by atoms with Crippen molar-refractivity contribution in [2.45, 2.75) is 38.1 Å². The molecule has 2 N–H and O–H groups in total. The van der Waals surface area contributed by atoms with Crippen molar-refractivity contribution in [1.29, 1.82) is 0 Å². The predicted molar refractivity (Wildman–Crippen MR) is 65.2 cm³/mol. The van der Waals surface area contributed by atoms with E-state index in [1.807, 2.05) is 0 Å². The standard InChI is InChI=1S/C14H24N2/c1-2-11-7-10(1)12-13(11)14(12)16-8-9-3-5-15-6-4-9/h9-16H,1-8H2. The van der Waals surface area contributed by atoms with Crippen LogP contribution in [0.3, 0.4) is 0 Å². The predicted octanol–water partition coefficient (Wildman–Crippen LogP) is 1.62. The molecule has 90 valence electrons. The largest absolute Gasteiger partial charge is 0.317 e. The molecule has 1 aliphatic heterocycles. The Balaban J connectivity index is 1.28. The van der Waals surface area contributed by atoms with Crippen molar-refractivity contribution < 1.29 is 0 Å². The summed E-state index contributed by atoms with van der Waals surface area (Å²) in [6, 6.07) is 0.945. The molecule has 0 aromatic heterocycles. The van der Waals surface area contributed by atoms with Crippen LogP contribution in [-0.4, -0.2) is 25.7 Å². The molecule has 0 spiro atoms. The van der Waals surface area contributed by atoms with Crippen LogP contribution in [0.25, 0.3) is 0 Å². The van der Waals surface area contributed by atoms with Gasteiger partial charge in [0.25, 0.3) is 0 Å². The number of piperidine rings is 1. The molecule has 4 fully saturated rings. The Morgan fingerprint density at radius 1 is 0.938 bits per heavy atom. The fraction of sp³-hybridized carbons (Fsp3) is 1.00. The number of rotatable bonds is 3. The molecule has 3 saturated carbocycles. The quantitative estimate of drug-likeness (QED) is 0.755. The zero-order valence-electron chi connectivity index (χ0n) is 10.1. The molecule has 0 aromatic carbocycles. The van der Waals surface area contributed by atoms with Crippen molar-refractivity contribution in [3.8, 4) is 0 Å². The fourth-order valence-electron chi connectivity index (χ4n) is 4.99. The van der Waals surface area contributed by atoms with E-state index < -0.39 is 0 Å². The van der Waals surface area contributed by atoms with Gasteiger partial charge >= 0.3 is 0 Å². The highest BCUT2D eigenvalue weighted by atomic mass is 15.0. The maximum atomic E-state index is 3.90. The van der Waals surface area contributed by atoms with E-state index in [0.29, 0.717) is 0 Å². The first-order chi connectivity index (χ1) is 7.93. The van der Waals surface area contributed by atoms with Crippen LogP contribution in [0.5, 0.6) is 0 Å². The van der Waals surface area contributed by atoms with Crippen LogP contribution in [0.1, 0.15) is 32.1 Å². The van der Waals surface area contributed by atoms with Gasteiger partial charge in [-0.2, -0.15) is 0 Å². The van der Waals surface area contributed by atoms with Crippen LogP contribution in [0.4, 0.5) is 0 Å². The molecule has 16 heavy (non-hydrogen) atoms. The van der Waals surface area contributed by atoms with Gasteiger partial charge in [-0.05, 0) is 81.3 Å². The number of hydrogen-bond acceptors (Lipinski definition) is 2. The highest BCUT2D eigenvalue weighted by Gasteiger charge is 2.64. The van der Waals surface area contributed by atoms with Crippen molar-refractivity contribution in [3.63, 3.8) is 0 Å². The smallest absolute Gasteiger partial charge is 0.0136 e. The Morgan fingerprint density at radius 2 is 1.62 bits per heavy atom. The van der Waals surface area contributed by atoms with E-state index in [4.69, 9.17) is 0 Å². The SMILES string of the molecule is C1CC(CNC2C3C4CCC(C4)C23)CCN1. The Morgan fingerprint density at radius 3 is 2.31 bits per heavy atom. The van der Waals surface area contributed by atoms with Gasteiger partial charge in [-0.1, -0.05) is 0 Å². The van der Waals surface area contributed by atoms with Crippen LogP contribution in [-0.2, 0) is 0 Å². The zero-order valence-corrected chi connectivity index (χ0v) is 10.1. The third-order valence-corrected chi connectivity index (χ3v) is 5.84. The molecule has 2 bridgehead atoms. The van der Waals surface area contributed by atoms with Crippen molar-refractivity contribution >= 4 is 0 Å². The van der Waals surface area contributed by atoms with Crippen molar-refractivity contribution in [2.24, 2.45) is 29.6 Å². The summed E-state index contributed by atoms with van der Waals surface area (Å²) < 4.78 is 0. The van der Waals surface area contributed by atoms with Crippen LogP contribution < -0.4 is 10.6 Å². The molecule has 0 amide bonds. The molecule has 0 radical (unpaired) electrons. The zero-order chi connectivity index (χ0) is 10.5. The molecule has 2 heteroatoms. The first-order valence-electron chi connectivity index (χ1n) is 7.37. The molecule has 4 aliphatic rings. The maximum absolute atomic E-state index is 3.90. The van der Waals surface area contributed by atoms with Crippen LogP contribution in [0.2, 0.25) is 0 Å².